The molecule has 0 aliphatic heterocycles. The van der Waals surface area contributed by atoms with Gasteiger partial charge in [-0.25, -0.2) is 0 Å². The molecule has 0 radical (unpaired) electrons. The molecule has 6 nitrogen and oxygen atoms in total. The van der Waals surface area contributed by atoms with Crippen LogP contribution in [0.4, 0.5) is 0 Å². The third-order valence-corrected chi connectivity index (χ3v) is 6.92. The van der Waals surface area contributed by atoms with Crippen LogP contribution in [-0.4, -0.2) is 37.4 Å². The molecule has 0 spiro atoms. The van der Waals surface area contributed by atoms with Crippen molar-refractivity contribution < 1.29 is 28.9 Å². The Bertz CT molecular complexity index is 932. The molecule has 0 aliphatic rings. The molecule has 0 aromatic heterocycles. The second-order valence-corrected chi connectivity index (χ2v) is 11.0. The zero-order valence-corrected chi connectivity index (χ0v) is 25.2. The zero-order valence-electron chi connectivity index (χ0n) is 25.2. The first-order valence-electron chi connectivity index (χ1n) is 13.4. The van der Waals surface area contributed by atoms with Gasteiger partial charge in [0.05, 0.1) is 17.9 Å². The number of hydrogen-bond donors (Lipinski definition) is 1. The van der Waals surface area contributed by atoms with Crippen LogP contribution in [0.2, 0.25) is 0 Å². The number of methoxy groups -OCH3 is 1. The van der Waals surface area contributed by atoms with Crippen molar-refractivity contribution in [2.45, 2.75) is 154 Å². The van der Waals surface area contributed by atoms with Crippen molar-refractivity contribution in [3.05, 3.63) is 60.2 Å². The second kappa shape index (κ2) is 34.3. The zero-order chi connectivity index (χ0) is 29.4. The number of aromatic hydroxyl groups is 1. The molecule has 1 N–H and O–H groups in total. The smallest absolute Gasteiger partial charge is 0.311 e. The van der Waals surface area contributed by atoms with E-state index in [0.717, 1.165) is 25.0 Å². The maximum absolute atomic E-state index is 11.6. The minimum absolute atomic E-state index is 0. The number of ether oxygens (including phenoxy) is 3. The molecule has 2 aromatic rings. The number of benzene rings is 2. The van der Waals surface area contributed by atoms with E-state index in [9.17, 15) is 9.59 Å². The van der Waals surface area contributed by atoms with Crippen molar-refractivity contribution in [2.24, 2.45) is 10.8 Å². The van der Waals surface area contributed by atoms with E-state index in [4.69, 9.17) is 14.6 Å². The van der Waals surface area contributed by atoms with Crippen molar-refractivity contribution >= 4 is 11.9 Å². The quantitative estimate of drug-likeness (QED) is 0.199. The molecule has 286 valence electrons. The third kappa shape index (κ3) is 27.8. The van der Waals surface area contributed by atoms with Crippen LogP contribution in [0.5, 0.6) is 11.5 Å². The fourth-order valence-corrected chi connectivity index (χ4v) is 2.69. The SMILES string of the molecule is C.C.C.C.C.C.C.C.C.CCC(C)(C)C(=O)OC.CCC(C)(C)C(=O)OCCOc1ccccc1.CCC(C)(C)c1ccc(O)cc1. The van der Waals surface area contributed by atoms with Gasteiger partial charge in [-0.3, -0.25) is 9.59 Å². The molecular formula is C41H86O6. The van der Waals surface area contributed by atoms with Gasteiger partial charge >= 0.3 is 11.9 Å². The summed E-state index contributed by atoms with van der Waals surface area (Å²) in [6.45, 7) is 18.7. The van der Waals surface area contributed by atoms with Gasteiger partial charge in [0.15, 0.2) is 0 Å². The van der Waals surface area contributed by atoms with Crippen molar-refractivity contribution in [1.82, 2.24) is 0 Å². The summed E-state index contributed by atoms with van der Waals surface area (Å²) in [5.74, 6) is 0.825. The summed E-state index contributed by atoms with van der Waals surface area (Å²) in [4.78, 5) is 22.5. The molecule has 0 unspecified atom stereocenters. The van der Waals surface area contributed by atoms with E-state index >= 15 is 0 Å². The van der Waals surface area contributed by atoms with E-state index in [0.29, 0.717) is 12.4 Å². The molecule has 0 bridgehead atoms. The van der Waals surface area contributed by atoms with Crippen molar-refractivity contribution in [3.8, 4) is 11.5 Å². The molecule has 0 saturated carbocycles. The number of carbonyl (C=O) groups is 2. The summed E-state index contributed by atoms with van der Waals surface area (Å²) < 4.78 is 15.1. The summed E-state index contributed by atoms with van der Waals surface area (Å²) in [6.07, 6.45) is 2.70. The number of para-hydroxylation sites is 1. The Balaban J connectivity index is -0.0000000518. The summed E-state index contributed by atoms with van der Waals surface area (Å²) in [5, 5.41) is 9.10. The minimum atomic E-state index is -0.410. The maximum atomic E-state index is 11.6. The molecule has 0 saturated heterocycles. The van der Waals surface area contributed by atoms with E-state index in [1.54, 1.807) is 12.1 Å². The minimum Gasteiger partial charge on any atom is -0.508 e. The molecule has 2 aromatic carbocycles. The van der Waals surface area contributed by atoms with Gasteiger partial charge in [0, 0.05) is 0 Å². The molecule has 6 heteroatoms. The average Bonchev–Trinajstić information content (AvgIpc) is 2.91. The fourth-order valence-electron chi connectivity index (χ4n) is 2.69. The van der Waals surface area contributed by atoms with Crippen LogP contribution in [0.25, 0.3) is 0 Å². The monoisotopic (exact) mass is 675 g/mol. The summed E-state index contributed by atoms with van der Waals surface area (Å²) in [7, 11) is 1.42. The molecule has 0 aliphatic carbocycles. The van der Waals surface area contributed by atoms with Gasteiger partial charge in [-0.1, -0.05) is 132 Å². The number of esters is 2. The van der Waals surface area contributed by atoms with E-state index in [-0.39, 0.29) is 96.2 Å². The lowest BCUT2D eigenvalue weighted by Gasteiger charge is -2.22. The largest absolute Gasteiger partial charge is 0.508 e. The average molecular weight is 675 g/mol. The van der Waals surface area contributed by atoms with Crippen LogP contribution in [0, 0.1) is 10.8 Å². The van der Waals surface area contributed by atoms with Gasteiger partial charge in [-0.05, 0) is 82.2 Å². The van der Waals surface area contributed by atoms with Gasteiger partial charge in [0.25, 0.3) is 0 Å². The van der Waals surface area contributed by atoms with Gasteiger partial charge < -0.3 is 19.3 Å². The highest BCUT2D eigenvalue weighted by Gasteiger charge is 2.27. The highest BCUT2D eigenvalue weighted by molar-refractivity contribution is 5.76. The molecule has 0 fully saturated rings. The Morgan fingerprint density at radius 2 is 1.00 bits per heavy atom. The van der Waals surface area contributed by atoms with Crippen molar-refractivity contribution in [3.63, 3.8) is 0 Å². The first-order valence-corrected chi connectivity index (χ1v) is 13.4. The lowest BCUT2D eigenvalue weighted by Crippen LogP contribution is -2.27. The van der Waals surface area contributed by atoms with Gasteiger partial charge in [-0.2, -0.15) is 0 Å². The first-order chi connectivity index (χ1) is 17.7. The second-order valence-electron chi connectivity index (χ2n) is 11.0. The topological polar surface area (TPSA) is 82.1 Å². The van der Waals surface area contributed by atoms with Crippen molar-refractivity contribution in [1.29, 1.82) is 0 Å². The van der Waals surface area contributed by atoms with E-state index in [1.807, 2.05) is 84.0 Å². The van der Waals surface area contributed by atoms with Crippen LogP contribution in [-0.2, 0) is 24.5 Å². The number of carbonyl (C=O) groups excluding carboxylic acids is 2. The Morgan fingerprint density at radius 3 is 1.34 bits per heavy atom. The first kappa shape index (κ1) is 70.4. The summed E-state index contributed by atoms with van der Waals surface area (Å²) in [5.41, 5.74) is 0.776. The van der Waals surface area contributed by atoms with Crippen molar-refractivity contribution in [2.75, 3.05) is 20.3 Å². The van der Waals surface area contributed by atoms with E-state index in [2.05, 4.69) is 25.5 Å². The Morgan fingerprint density at radius 1 is 0.596 bits per heavy atom. The number of phenols is 1. The molecule has 2 rings (SSSR count). The van der Waals surface area contributed by atoms with Crippen LogP contribution in [0.3, 0.4) is 0 Å². The lowest BCUT2D eigenvalue weighted by atomic mass is 9.82. The molecule has 47 heavy (non-hydrogen) atoms. The van der Waals surface area contributed by atoms with Crippen LogP contribution in [0.1, 0.15) is 154 Å². The van der Waals surface area contributed by atoms with Crippen LogP contribution in [0.15, 0.2) is 54.6 Å². The normalized spacial score (nSPS) is 9.06. The molecule has 0 heterocycles. The summed E-state index contributed by atoms with van der Waals surface area (Å²) in [6, 6.07) is 16.9. The summed E-state index contributed by atoms with van der Waals surface area (Å²) >= 11 is 0. The standard InChI is InChI=1S/C14H20O3.C11H16O.C7H14O2.9CH4/c1-4-14(2,3)13(15)17-11-10-16-12-8-6-5-7-9-12;1-4-11(2,3)9-5-7-10(12)8-6-9;1-5-7(2,3)6(8)9-4;;;;;;;;;/h5-9H,4,10-11H2,1-3H3;5-8,12H,4H2,1-3H3;5H2,1-4H3;9*1H4. The predicted octanol–water partition coefficient (Wildman–Crippen LogP) is 13.4. The predicted molar refractivity (Wildman–Crippen MR) is 215 cm³/mol. The Labute approximate surface area is 297 Å². The van der Waals surface area contributed by atoms with Crippen LogP contribution < -0.4 is 4.74 Å². The lowest BCUT2D eigenvalue weighted by molar-refractivity contribution is -0.155. The molecule has 0 amide bonds. The third-order valence-electron chi connectivity index (χ3n) is 6.92. The highest BCUT2D eigenvalue weighted by atomic mass is 16.6. The van der Waals surface area contributed by atoms with E-state index < -0.39 is 5.41 Å². The number of phenolic OH excluding ortho intramolecular Hbond substituents is 1. The van der Waals surface area contributed by atoms with Crippen LogP contribution >= 0.6 is 0 Å². The maximum Gasteiger partial charge on any atom is 0.311 e. The van der Waals surface area contributed by atoms with Gasteiger partial charge in [0.1, 0.15) is 24.7 Å². The number of hydrogen-bond acceptors (Lipinski definition) is 6. The van der Waals surface area contributed by atoms with Gasteiger partial charge in [-0.15, -0.1) is 0 Å². The molecule has 0 atom stereocenters. The van der Waals surface area contributed by atoms with E-state index in [1.165, 1.54) is 12.7 Å². The Hall–Kier alpha value is -3.02. The number of rotatable bonds is 10. The fraction of sp³-hybridized carbons (Fsp3) is 0.659. The Kier molecular flexibility index (Phi) is 51.4. The molecular weight excluding hydrogens is 588 g/mol. The van der Waals surface area contributed by atoms with Gasteiger partial charge in [0.2, 0.25) is 0 Å². The highest BCUT2D eigenvalue weighted by Crippen LogP contribution is 2.27.